The van der Waals surface area contributed by atoms with E-state index in [2.05, 4.69) is 67.8 Å². The Morgan fingerprint density at radius 2 is 0.833 bits per heavy atom. The highest BCUT2D eigenvalue weighted by Gasteiger charge is 2.27. The maximum absolute atomic E-state index is 12.9. The van der Waals surface area contributed by atoms with Crippen LogP contribution in [0.2, 0.25) is 0 Å². The zero-order valence-corrected chi connectivity index (χ0v) is 49.1. The minimum Gasteiger partial charge on any atom is -0.387 e. The number of carbonyl (C=O) groups excluding carboxylic acids is 1. The summed E-state index contributed by atoms with van der Waals surface area (Å²) in [4.78, 5) is 23.2. The van der Waals surface area contributed by atoms with E-state index in [4.69, 9.17) is 9.05 Å². The van der Waals surface area contributed by atoms with Gasteiger partial charge in [-0.05, 0) is 57.8 Å². The van der Waals surface area contributed by atoms with Crippen molar-refractivity contribution in [3.63, 3.8) is 0 Å². The lowest BCUT2D eigenvalue weighted by atomic mass is 10.0. The molecule has 0 fully saturated rings. The van der Waals surface area contributed by atoms with Crippen LogP contribution < -0.4 is 5.32 Å². The van der Waals surface area contributed by atoms with E-state index in [-0.39, 0.29) is 19.1 Å². The van der Waals surface area contributed by atoms with Crippen molar-refractivity contribution in [2.75, 3.05) is 40.9 Å². The monoisotopic (exact) mass is 1030 g/mol. The summed E-state index contributed by atoms with van der Waals surface area (Å²) in [5.41, 5.74) is 0. The third kappa shape index (κ3) is 55.9. The van der Waals surface area contributed by atoms with Crippen molar-refractivity contribution in [3.05, 3.63) is 60.8 Å². The summed E-state index contributed by atoms with van der Waals surface area (Å²) >= 11 is 0. The van der Waals surface area contributed by atoms with Gasteiger partial charge in [0.05, 0.1) is 39.9 Å². The fourth-order valence-corrected chi connectivity index (χ4v) is 9.71. The smallest absolute Gasteiger partial charge is 0.387 e. The van der Waals surface area contributed by atoms with Gasteiger partial charge < -0.3 is 19.8 Å². The predicted octanol–water partition coefficient (Wildman–Crippen LogP) is 18.9. The highest BCUT2D eigenvalue weighted by Crippen LogP contribution is 2.43. The van der Waals surface area contributed by atoms with Crippen molar-refractivity contribution >= 4 is 13.7 Å². The Morgan fingerprint density at radius 1 is 0.486 bits per heavy atom. The number of quaternary nitrogens is 1. The molecule has 0 aromatic rings. The first-order valence-corrected chi connectivity index (χ1v) is 32.2. The Balaban J connectivity index is 3.76. The van der Waals surface area contributed by atoms with E-state index in [1.165, 1.54) is 199 Å². The normalized spacial score (nSPS) is 14.3. The van der Waals surface area contributed by atoms with Crippen molar-refractivity contribution in [1.82, 2.24) is 5.32 Å². The fourth-order valence-electron chi connectivity index (χ4n) is 8.98. The van der Waals surface area contributed by atoms with Crippen LogP contribution in [0.5, 0.6) is 0 Å². The van der Waals surface area contributed by atoms with E-state index >= 15 is 0 Å². The van der Waals surface area contributed by atoms with Gasteiger partial charge in [0.15, 0.2) is 0 Å². The maximum Gasteiger partial charge on any atom is 0.472 e. The van der Waals surface area contributed by atoms with Crippen LogP contribution in [0, 0.1) is 0 Å². The van der Waals surface area contributed by atoms with Gasteiger partial charge in [0.1, 0.15) is 13.2 Å². The van der Waals surface area contributed by atoms with E-state index in [9.17, 15) is 19.4 Å². The molecule has 0 rings (SSSR count). The van der Waals surface area contributed by atoms with E-state index < -0.39 is 20.0 Å². The van der Waals surface area contributed by atoms with Gasteiger partial charge in [-0.25, -0.2) is 4.57 Å². The van der Waals surface area contributed by atoms with Crippen LogP contribution in [-0.4, -0.2) is 73.4 Å². The van der Waals surface area contributed by atoms with Crippen LogP contribution in [0.3, 0.4) is 0 Å². The number of carbonyl (C=O) groups is 1. The molecule has 0 saturated heterocycles. The van der Waals surface area contributed by atoms with E-state index in [1.54, 1.807) is 6.08 Å². The summed E-state index contributed by atoms with van der Waals surface area (Å²) in [5, 5.41) is 13.8. The number of nitrogens with zero attached hydrogens (tertiary/aromatic N) is 1. The van der Waals surface area contributed by atoms with Gasteiger partial charge in [-0.1, -0.05) is 280 Å². The number of unbranched alkanes of at least 4 members (excludes halogenated alkanes) is 35. The van der Waals surface area contributed by atoms with Crippen LogP contribution >= 0.6 is 7.82 Å². The first-order valence-electron chi connectivity index (χ1n) is 30.7. The molecule has 422 valence electrons. The fraction of sp³-hybridized carbons (Fsp3) is 0.825. The molecule has 1 amide bonds. The topological polar surface area (TPSA) is 105 Å². The number of phosphoric ester groups is 1. The minimum absolute atomic E-state index is 0.0624. The predicted molar refractivity (Wildman–Crippen MR) is 314 cm³/mol. The summed E-state index contributed by atoms with van der Waals surface area (Å²) in [6.45, 7) is 4.69. The molecule has 0 spiro atoms. The molecule has 0 aliphatic heterocycles. The summed E-state index contributed by atoms with van der Waals surface area (Å²) in [7, 11) is 1.58. The number of allylic oxidation sites excluding steroid dienone is 9. The van der Waals surface area contributed by atoms with Crippen molar-refractivity contribution in [3.8, 4) is 0 Å². The Bertz CT molecular complexity index is 1360. The summed E-state index contributed by atoms with van der Waals surface area (Å²) in [6, 6.07) is -0.843. The molecular weight excluding hydrogens is 912 g/mol. The Kier molecular flexibility index (Phi) is 52.7. The molecule has 3 N–H and O–H groups in total. The molecule has 0 aromatic heterocycles. The SMILES string of the molecule is CC/C=C\C/C=C\C/C=C\C/C=C\CCCCCCCCCCCCCCCCCCCCCCCCCCCCCCC(=O)NC(COP(=O)(O)OCC[N+](C)(C)C)C(O)/C=C/CCCCCCCCC. The largest absolute Gasteiger partial charge is 0.472 e. The summed E-state index contributed by atoms with van der Waals surface area (Å²) < 4.78 is 23.6. The van der Waals surface area contributed by atoms with E-state index in [0.717, 1.165) is 64.2 Å². The second-order valence-electron chi connectivity index (χ2n) is 22.1. The lowest BCUT2D eigenvalue weighted by Gasteiger charge is -2.25. The molecule has 0 saturated carbocycles. The number of rotatable bonds is 56. The molecule has 0 aliphatic carbocycles. The maximum atomic E-state index is 12.9. The van der Waals surface area contributed by atoms with Gasteiger partial charge in [0, 0.05) is 6.42 Å². The number of aliphatic hydroxyl groups excluding tert-OH is 1. The average Bonchev–Trinajstić information content (AvgIpc) is 3.34. The Hall–Kier alpha value is -1.80. The van der Waals surface area contributed by atoms with Crippen molar-refractivity contribution < 1.29 is 32.9 Å². The van der Waals surface area contributed by atoms with Gasteiger partial charge >= 0.3 is 7.82 Å². The number of nitrogens with one attached hydrogen (secondary N) is 1. The number of likely N-dealkylation sites (N-methyl/N-ethyl adjacent to an activating group) is 1. The third-order valence-corrected chi connectivity index (χ3v) is 14.7. The van der Waals surface area contributed by atoms with Crippen LogP contribution in [0.25, 0.3) is 0 Å². The molecule has 72 heavy (non-hydrogen) atoms. The zero-order valence-electron chi connectivity index (χ0n) is 48.2. The summed E-state index contributed by atoms with van der Waals surface area (Å²) in [6.07, 6.45) is 73.8. The van der Waals surface area contributed by atoms with Gasteiger partial charge in [-0.15, -0.1) is 0 Å². The molecule has 0 bridgehead atoms. The van der Waals surface area contributed by atoms with Crippen molar-refractivity contribution in [2.24, 2.45) is 0 Å². The van der Waals surface area contributed by atoms with Gasteiger partial charge in [0.2, 0.25) is 5.91 Å². The molecule has 0 aromatic carbocycles. The zero-order chi connectivity index (χ0) is 52.7. The number of aliphatic hydroxyl groups is 1. The lowest BCUT2D eigenvalue weighted by molar-refractivity contribution is -0.870. The molecule has 3 unspecified atom stereocenters. The van der Waals surface area contributed by atoms with E-state index in [0.29, 0.717) is 17.4 Å². The molecule has 8 nitrogen and oxygen atoms in total. The van der Waals surface area contributed by atoms with Crippen LogP contribution in [0.15, 0.2) is 60.8 Å². The minimum atomic E-state index is -4.34. The first kappa shape index (κ1) is 70.2. The molecule has 3 atom stereocenters. The molecule has 0 heterocycles. The van der Waals surface area contributed by atoms with Crippen LogP contribution in [0.4, 0.5) is 0 Å². The number of phosphoric acid groups is 1. The number of hydrogen-bond acceptors (Lipinski definition) is 5. The van der Waals surface area contributed by atoms with Crippen LogP contribution in [-0.2, 0) is 18.4 Å². The lowest BCUT2D eigenvalue weighted by Crippen LogP contribution is -2.45. The van der Waals surface area contributed by atoms with Crippen molar-refractivity contribution in [2.45, 2.75) is 296 Å². The van der Waals surface area contributed by atoms with Gasteiger partial charge in [-0.2, -0.15) is 0 Å². The molecule has 0 radical (unpaired) electrons. The van der Waals surface area contributed by atoms with Crippen LogP contribution in [0.1, 0.15) is 284 Å². The standard InChI is InChI=1S/C63H119N2O6P/c1-6-8-10-12-14-16-17-18-19-20-21-22-23-24-25-26-27-28-29-30-31-32-33-34-35-36-37-38-39-40-41-42-43-44-45-46-47-49-51-53-55-57-63(67)64-61(60-71-72(68,69)70-59-58-65(3,4)5)62(66)56-54-52-50-48-15-13-11-9-7-2/h8,10,14,16,18-19,21-22,54,56,61-62,66H,6-7,9,11-13,15,17,20,23-53,55,57-60H2,1-5H3,(H-,64,67,68,69)/p+1/b10-8-,16-14-,19-18-,22-21-,56-54+. The number of amides is 1. The highest BCUT2D eigenvalue weighted by atomic mass is 31.2. The summed E-state index contributed by atoms with van der Waals surface area (Å²) in [5.74, 6) is -0.176. The molecule has 0 aliphatic rings. The second kappa shape index (κ2) is 54.0. The van der Waals surface area contributed by atoms with E-state index in [1.807, 2.05) is 27.2 Å². The Morgan fingerprint density at radius 3 is 1.22 bits per heavy atom. The van der Waals surface area contributed by atoms with Gasteiger partial charge in [-0.3, -0.25) is 13.8 Å². The second-order valence-corrected chi connectivity index (χ2v) is 23.5. The molecule has 9 heteroatoms. The third-order valence-electron chi connectivity index (χ3n) is 13.7. The average molecular weight is 1030 g/mol. The van der Waals surface area contributed by atoms with Gasteiger partial charge in [0.25, 0.3) is 0 Å². The number of hydrogen-bond donors (Lipinski definition) is 3. The van der Waals surface area contributed by atoms with Crippen molar-refractivity contribution in [1.29, 1.82) is 0 Å². The Labute approximate surface area is 447 Å². The quantitative estimate of drug-likeness (QED) is 0.0243. The first-order chi connectivity index (χ1) is 35.0. The molecular formula is C63H120N2O6P+. The highest BCUT2D eigenvalue weighted by molar-refractivity contribution is 7.47.